The molecule has 0 fully saturated rings. The van der Waals surface area contributed by atoms with Crippen LogP contribution in [-0.2, 0) is 0 Å². The zero-order chi connectivity index (χ0) is 15.0. The molecule has 21 heavy (non-hydrogen) atoms. The number of hydrogen-bond acceptors (Lipinski definition) is 3. The van der Waals surface area contributed by atoms with Crippen molar-refractivity contribution in [2.45, 2.75) is 0 Å². The van der Waals surface area contributed by atoms with E-state index >= 15 is 0 Å². The van der Waals surface area contributed by atoms with Gasteiger partial charge in [0.2, 0.25) is 11.8 Å². The van der Waals surface area contributed by atoms with Crippen molar-refractivity contribution < 1.29 is 4.42 Å². The molecule has 3 rings (SSSR count). The van der Waals surface area contributed by atoms with Gasteiger partial charge in [0.1, 0.15) is 0 Å². The van der Waals surface area contributed by atoms with E-state index in [4.69, 9.17) is 4.42 Å². The van der Waals surface area contributed by atoms with Crippen LogP contribution in [0.1, 0.15) is 0 Å². The van der Waals surface area contributed by atoms with Crippen LogP contribution in [0.15, 0.2) is 58.7 Å². The molecule has 0 aliphatic carbocycles. The Morgan fingerprint density at radius 3 is 1.24 bits per heavy atom. The molecule has 0 saturated heterocycles. The minimum Gasteiger partial charge on any atom is -0.416 e. The van der Waals surface area contributed by atoms with Crippen molar-refractivity contribution in [1.29, 1.82) is 0 Å². The fraction of sp³-hybridized carbons (Fsp3) is 0. The molecule has 1 heterocycles. The van der Waals surface area contributed by atoms with Crippen LogP contribution in [0.5, 0.6) is 0 Å². The lowest BCUT2D eigenvalue weighted by molar-refractivity contribution is 0.584. The van der Waals surface area contributed by atoms with E-state index < -0.39 is 0 Å². The molecule has 0 spiro atoms. The number of nitrogens with zero attached hydrogens (tertiary/aromatic N) is 2. The molecule has 7 heteroatoms. The fourth-order valence-corrected chi connectivity index (χ4v) is 4.40. The Labute approximate surface area is 154 Å². The molecule has 0 radical (unpaired) electrons. The van der Waals surface area contributed by atoms with Gasteiger partial charge in [0, 0.05) is 29.0 Å². The predicted molar refractivity (Wildman–Crippen MR) is 96.0 cm³/mol. The minimum absolute atomic E-state index is 0.475. The van der Waals surface area contributed by atoms with Crippen molar-refractivity contribution in [1.82, 2.24) is 10.2 Å². The first-order chi connectivity index (χ1) is 10.0. The van der Waals surface area contributed by atoms with Crippen LogP contribution in [0.3, 0.4) is 0 Å². The Morgan fingerprint density at radius 2 is 0.905 bits per heavy atom. The SMILES string of the molecule is Brc1cc(Br)cc(-c2nnc(-c3cc(Br)cc(Br)c3)o2)c1. The van der Waals surface area contributed by atoms with Gasteiger partial charge < -0.3 is 4.42 Å². The molecule has 1 aromatic heterocycles. The Kier molecular flexibility index (Phi) is 4.63. The monoisotopic (exact) mass is 534 g/mol. The molecular weight excluding hydrogens is 532 g/mol. The standard InChI is InChI=1S/C14H6Br4N2O/c15-9-1-7(2-10(16)5-9)13-19-20-14(21-13)8-3-11(17)6-12(18)4-8/h1-6H. The summed E-state index contributed by atoms with van der Waals surface area (Å²) in [5, 5.41) is 8.23. The van der Waals surface area contributed by atoms with E-state index in [1.165, 1.54) is 0 Å². The van der Waals surface area contributed by atoms with Crippen molar-refractivity contribution in [3.05, 3.63) is 54.3 Å². The van der Waals surface area contributed by atoms with Crippen LogP contribution in [0.4, 0.5) is 0 Å². The first-order valence-corrected chi connectivity index (χ1v) is 8.95. The Balaban J connectivity index is 2.03. The normalized spacial score (nSPS) is 10.9. The summed E-state index contributed by atoms with van der Waals surface area (Å²) >= 11 is 13.8. The third kappa shape index (κ3) is 3.64. The molecule has 106 valence electrons. The first kappa shape index (κ1) is 15.4. The highest BCUT2D eigenvalue weighted by Crippen LogP contribution is 2.31. The topological polar surface area (TPSA) is 38.9 Å². The van der Waals surface area contributed by atoms with E-state index in [0.717, 1.165) is 29.0 Å². The molecule has 0 atom stereocenters. The van der Waals surface area contributed by atoms with E-state index in [-0.39, 0.29) is 0 Å². The van der Waals surface area contributed by atoms with Crippen molar-refractivity contribution in [2.75, 3.05) is 0 Å². The van der Waals surface area contributed by atoms with Gasteiger partial charge in [-0.2, -0.15) is 0 Å². The van der Waals surface area contributed by atoms with Crippen LogP contribution >= 0.6 is 63.7 Å². The number of halogens is 4. The summed E-state index contributed by atoms with van der Waals surface area (Å²) in [6, 6.07) is 11.6. The number of hydrogen-bond donors (Lipinski definition) is 0. The van der Waals surface area contributed by atoms with Crippen molar-refractivity contribution in [2.24, 2.45) is 0 Å². The highest BCUT2D eigenvalue weighted by atomic mass is 79.9. The Morgan fingerprint density at radius 1 is 0.571 bits per heavy atom. The summed E-state index contributed by atoms with van der Waals surface area (Å²) in [7, 11) is 0. The second kappa shape index (κ2) is 6.32. The largest absolute Gasteiger partial charge is 0.416 e. The van der Waals surface area contributed by atoms with Gasteiger partial charge in [-0.05, 0) is 36.4 Å². The first-order valence-electron chi connectivity index (χ1n) is 5.78. The average molecular weight is 538 g/mol. The summed E-state index contributed by atoms with van der Waals surface area (Å²) in [6.45, 7) is 0. The van der Waals surface area contributed by atoms with Gasteiger partial charge in [0.05, 0.1) is 0 Å². The lowest BCUT2D eigenvalue weighted by atomic mass is 10.2. The van der Waals surface area contributed by atoms with E-state index in [9.17, 15) is 0 Å². The highest BCUT2D eigenvalue weighted by Gasteiger charge is 2.12. The van der Waals surface area contributed by atoms with Crippen LogP contribution in [0.25, 0.3) is 22.9 Å². The summed E-state index contributed by atoms with van der Waals surface area (Å²) in [4.78, 5) is 0. The summed E-state index contributed by atoms with van der Waals surface area (Å²) < 4.78 is 9.54. The van der Waals surface area contributed by atoms with Gasteiger partial charge in [0.25, 0.3) is 0 Å². The maximum atomic E-state index is 5.77. The second-order valence-corrected chi connectivity index (χ2v) is 7.89. The third-order valence-corrected chi connectivity index (χ3v) is 4.48. The summed E-state index contributed by atoms with van der Waals surface area (Å²) in [5.74, 6) is 0.950. The van der Waals surface area contributed by atoms with Gasteiger partial charge in [0.15, 0.2) is 0 Å². The molecule has 0 unspecified atom stereocenters. The van der Waals surface area contributed by atoms with Crippen LogP contribution in [0.2, 0.25) is 0 Å². The van der Waals surface area contributed by atoms with E-state index in [1.54, 1.807) is 0 Å². The van der Waals surface area contributed by atoms with Crippen LogP contribution in [-0.4, -0.2) is 10.2 Å². The van der Waals surface area contributed by atoms with E-state index in [2.05, 4.69) is 73.9 Å². The quantitative estimate of drug-likeness (QED) is 0.377. The number of rotatable bonds is 2. The molecule has 0 N–H and O–H groups in total. The maximum absolute atomic E-state index is 5.77. The average Bonchev–Trinajstić information content (AvgIpc) is 2.85. The molecular formula is C14H6Br4N2O. The second-order valence-electron chi connectivity index (χ2n) is 4.23. The van der Waals surface area contributed by atoms with Crippen molar-refractivity contribution in [3.8, 4) is 22.9 Å². The van der Waals surface area contributed by atoms with Gasteiger partial charge in [-0.15, -0.1) is 10.2 Å². The van der Waals surface area contributed by atoms with Gasteiger partial charge in [-0.25, -0.2) is 0 Å². The molecule has 0 aliphatic rings. The van der Waals surface area contributed by atoms with Crippen LogP contribution in [0, 0.1) is 0 Å². The van der Waals surface area contributed by atoms with Gasteiger partial charge in [-0.1, -0.05) is 63.7 Å². The Hall–Kier alpha value is -0.500. The molecule has 3 nitrogen and oxygen atoms in total. The maximum Gasteiger partial charge on any atom is 0.248 e. The molecule has 3 aromatic rings. The predicted octanol–water partition coefficient (Wildman–Crippen LogP) is 6.45. The zero-order valence-corrected chi connectivity index (χ0v) is 16.6. The molecule has 2 aromatic carbocycles. The zero-order valence-electron chi connectivity index (χ0n) is 10.3. The lowest BCUT2D eigenvalue weighted by Crippen LogP contribution is -1.79. The van der Waals surface area contributed by atoms with Gasteiger partial charge >= 0.3 is 0 Å². The third-order valence-electron chi connectivity index (χ3n) is 2.64. The van der Waals surface area contributed by atoms with E-state index in [1.807, 2.05) is 36.4 Å². The summed E-state index contributed by atoms with van der Waals surface area (Å²) in [5.41, 5.74) is 1.70. The lowest BCUT2D eigenvalue weighted by Gasteiger charge is -1.99. The van der Waals surface area contributed by atoms with Crippen LogP contribution < -0.4 is 0 Å². The fourth-order valence-electron chi connectivity index (χ4n) is 1.81. The van der Waals surface area contributed by atoms with Crippen molar-refractivity contribution in [3.63, 3.8) is 0 Å². The molecule has 0 saturated carbocycles. The molecule has 0 bridgehead atoms. The summed E-state index contributed by atoms with van der Waals surface area (Å²) in [6.07, 6.45) is 0. The molecule has 0 amide bonds. The van der Waals surface area contributed by atoms with Crippen molar-refractivity contribution >= 4 is 63.7 Å². The highest BCUT2D eigenvalue weighted by molar-refractivity contribution is 9.11. The molecule has 0 aliphatic heterocycles. The number of aromatic nitrogens is 2. The Bertz CT molecular complexity index is 710. The van der Waals surface area contributed by atoms with Gasteiger partial charge in [-0.3, -0.25) is 0 Å². The minimum atomic E-state index is 0.475. The number of benzene rings is 2. The van der Waals surface area contributed by atoms with E-state index in [0.29, 0.717) is 11.8 Å². The smallest absolute Gasteiger partial charge is 0.248 e.